The maximum atomic E-state index is 13.1. The monoisotopic (exact) mass is 460 g/mol. The van der Waals surface area contributed by atoms with E-state index in [-0.39, 0.29) is 11.4 Å². The third-order valence-corrected chi connectivity index (χ3v) is 5.04. The molecule has 0 fully saturated rings. The van der Waals surface area contributed by atoms with Crippen molar-refractivity contribution in [2.24, 2.45) is 5.10 Å². The van der Waals surface area contributed by atoms with E-state index >= 15 is 0 Å². The minimum atomic E-state index is -0.479. The molecule has 0 saturated heterocycles. The molecule has 32 heavy (non-hydrogen) atoms. The molecule has 1 heterocycles. The highest BCUT2D eigenvalue weighted by molar-refractivity contribution is 6.32. The van der Waals surface area contributed by atoms with Crippen LogP contribution in [0.15, 0.2) is 41.5 Å². The molecule has 0 radical (unpaired) electrons. The van der Waals surface area contributed by atoms with Gasteiger partial charge in [0.25, 0.3) is 5.91 Å². The number of nitrogens with zero attached hydrogens (tertiary/aromatic N) is 3. The SMILES string of the molecule is COc1cc(C(=O)NN=Cc2c(C)nn(Cc3ccc(F)cc3)c2Cl)cc(OC)c1OC. The quantitative estimate of drug-likeness (QED) is 0.408. The first-order chi connectivity index (χ1) is 15.4. The molecule has 3 aromatic rings. The number of rotatable bonds is 8. The van der Waals surface area contributed by atoms with Gasteiger partial charge in [-0.3, -0.25) is 4.79 Å². The molecule has 0 saturated carbocycles. The Kier molecular flexibility index (Phi) is 7.32. The molecular formula is C22H22ClFN4O4. The number of aryl methyl sites for hydroxylation is 1. The number of benzene rings is 2. The van der Waals surface area contributed by atoms with E-state index in [9.17, 15) is 9.18 Å². The van der Waals surface area contributed by atoms with E-state index in [1.54, 1.807) is 23.7 Å². The van der Waals surface area contributed by atoms with Crippen LogP contribution >= 0.6 is 11.6 Å². The summed E-state index contributed by atoms with van der Waals surface area (Å²) in [5.74, 6) is 0.287. The van der Waals surface area contributed by atoms with Gasteiger partial charge >= 0.3 is 0 Å². The summed E-state index contributed by atoms with van der Waals surface area (Å²) in [7, 11) is 4.41. The van der Waals surface area contributed by atoms with E-state index in [1.807, 2.05) is 0 Å². The van der Waals surface area contributed by atoms with Gasteiger partial charge in [0.05, 0.1) is 45.3 Å². The molecular weight excluding hydrogens is 439 g/mol. The van der Waals surface area contributed by atoms with Crippen molar-refractivity contribution in [2.45, 2.75) is 13.5 Å². The lowest BCUT2D eigenvalue weighted by Crippen LogP contribution is -2.18. The number of carbonyl (C=O) groups excluding carboxylic acids is 1. The van der Waals surface area contributed by atoms with E-state index in [0.29, 0.717) is 40.2 Å². The van der Waals surface area contributed by atoms with Gasteiger partial charge in [0.1, 0.15) is 11.0 Å². The van der Waals surface area contributed by atoms with Crippen LogP contribution in [-0.2, 0) is 6.54 Å². The van der Waals surface area contributed by atoms with Crippen LogP contribution in [0.5, 0.6) is 17.2 Å². The maximum Gasteiger partial charge on any atom is 0.271 e. The van der Waals surface area contributed by atoms with E-state index in [2.05, 4.69) is 15.6 Å². The Morgan fingerprint density at radius 1 is 1.16 bits per heavy atom. The zero-order valence-electron chi connectivity index (χ0n) is 18.0. The molecule has 8 nitrogen and oxygen atoms in total. The molecule has 0 bridgehead atoms. The molecule has 1 amide bonds. The van der Waals surface area contributed by atoms with E-state index in [4.69, 9.17) is 25.8 Å². The normalized spacial score (nSPS) is 10.9. The first kappa shape index (κ1) is 23.1. The second-order valence-electron chi connectivity index (χ2n) is 6.69. The molecule has 0 unspecified atom stereocenters. The molecule has 3 rings (SSSR count). The van der Waals surface area contributed by atoms with Gasteiger partial charge in [-0.15, -0.1) is 0 Å². The van der Waals surface area contributed by atoms with Gasteiger partial charge in [0, 0.05) is 5.56 Å². The number of hydrazone groups is 1. The molecule has 10 heteroatoms. The van der Waals surface area contributed by atoms with E-state index < -0.39 is 5.91 Å². The van der Waals surface area contributed by atoms with Crippen molar-refractivity contribution in [2.75, 3.05) is 21.3 Å². The molecule has 0 aliphatic carbocycles. The maximum absolute atomic E-state index is 13.1. The Balaban J connectivity index is 1.75. The van der Waals surface area contributed by atoms with Gasteiger partial charge in [-0.25, -0.2) is 14.5 Å². The van der Waals surface area contributed by atoms with Crippen LogP contribution in [0, 0.1) is 12.7 Å². The van der Waals surface area contributed by atoms with Crippen molar-refractivity contribution in [1.29, 1.82) is 0 Å². The van der Waals surface area contributed by atoms with Gasteiger partial charge in [0.15, 0.2) is 11.5 Å². The Labute approximate surface area is 189 Å². The van der Waals surface area contributed by atoms with Gasteiger partial charge in [-0.1, -0.05) is 23.7 Å². The van der Waals surface area contributed by atoms with Crippen LogP contribution in [-0.4, -0.2) is 43.2 Å². The molecule has 0 spiro atoms. The standard InChI is InChI=1S/C22H22ClFN4O4/c1-13-17(21(23)28(27-13)12-14-5-7-16(24)8-6-14)11-25-26-22(29)15-9-18(30-2)20(32-4)19(10-15)31-3/h5-11H,12H2,1-4H3,(H,26,29). The van der Waals surface area contributed by atoms with Crippen LogP contribution in [0.4, 0.5) is 4.39 Å². The number of halogens is 2. The number of carbonyl (C=O) groups is 1. The van der Waals surface area contributed by atoms with Gasteiger partial charge in [-0.2, -0.15) is 10.2 Å². The Morgan fingerprint density at radius 2 is 1.78 bits per heavy atom. The third-order valence-electron chi connectivity index (χ3n) is 4.64. The average molecular weight is 461 g/mol. The lowest BCUT2D eigenvalue weighted by molar-refractivity contribution is 0.0954. The van der Waals surface area contributed by atoms with Crippen molar-refractivity contribution in [3.8, 4) is 17.2 Å². The Morgan fingerprint density at radius 3 is 2.34 bits per heavy atom. The number of aromatic nitrogens is 2. The van der Waals surface area contributed by atoms with Gasteiger partial charge in [-0.05, 0) is 36.8 Å². The fourth-order valence-electron chi connectivity index (χ4n) is 3.01. The van der Waals surface area contributed by atoms with E-state index in [0.717, 1.165) is 5.56 Å². The summed E-state index contributed by atoms with van der Waals surface area (Å²) in [6, 6.07) is 9.11. The average Bonchev–Trinajstić information content (AvgIpc) is 3.06. The first-order valence-corrected chi connectivity index (χ1v) is 9.86. The van der Waals surface area contributed by atoms with Crippen molar-refractivity contribution in [1.82, 2.24) is 15.2 Å². The van der Waals surface area contributed by atoms with Crippen molar-refractivity contribution >= 4 is 23.7 Å². The van der Waals surface area contributed by atoms with Crippen molar-refractivity contribution in [3.05, 3.63) is 69.8 Å². The smallest absolute Gasteiger partial charge is 0.271 e. The second-order valence-corrected chi connectivity index (χ2v) is 7.05. The number of methoxy groups -OCH3 is 3. The summed E-state index contributed by atoms with van der Waals surface area (Å²) in [5.41, 5.74) is 4.74. The second kappa shape index (κ2) is 10.1. The lowest BCUT2D eigenvalue weighted by atomic mass is 10.1. The minimum Gasteiger partial charge on any atom is -0.493 e. The van der Waals surface area contributed by atoms with Crippen molar-refractivity contribution < 1.29 is 23.4 Å². The number of nitrogens with one attached hydrogen (secondary N) is 1. The summed E-state index contributed by atoms with van der Waals surface area (Å²) in [6.07, 6.45) is 1.42. The molecule has 1 N–H and O–H groups in total. The molecule has 0 aliphatic heterocycles. The highest BCUT2D eigenvalue weighted by Crippen LogP contribution is 2.38. The van der Waals surface area contributed by atoms with E-state index in [1.165, 1.54) is 51.8 Å². The highest BCUT2D eigenvalue weighted by atomic mass is 35.5. The highest BCUT2D eigenvalue weighted by Gasteiger charge is 2.17. The van der Waals surface area contributed by atoms with Crippen LogP contribution in [0.2, 0.25) is 5.15 Å². The molecule has 0 aliphatic rings. The summed E-state index contributed by atoms with van der Waals surface area (Å²) in [5, 5.41) is 8.73. The minimum absolute atomic E-state index is 0.270. The molecule has 2 aromatic carbocycles. The van der Waals surface area contributed by atoms with Crippen LogP contribution < -0.4 is 19.6 Å². The fraction of sp³-hybridized carbons (Fsp3) is 0.227. The number of ether oxygens (including phenoxy) is 3. The first-order valence-electron chi connectivity index (χ1n) is 9.48. The summed E-state index contributed by atoms with van der Waals surface area (Å²) in [4.78, 5) is 12.6. The van der Waals surface area contributed by atoms with Crippen molar-refractivity contribution in [3.63, 3.8) is 0 Å². The van der Waals surface area contributed by atoms with Crippen LogP contribution in [0.1, 0.15) is 27.2 Å². The number of hydrogen-bond acceptors (Lipinski definition) is 6. The Hall–Kier alpha value is -3.59. The predicted molar refractivity (Wildman–Crippen MR) is 119 cm³/mol. The third kappa shape index (κ3) is 5.00. The number of amides is 1. The largest absolute Gasteiger partial charge is 0.493 e. The fourth-order valence-corrected chi connectivity index (χ4v) is 3.30. The molecule has 1 aromatic heterocycles. The van der Waals surface area contributed by atoms with Gasteiger partial charge in [0.2, 0.25) is 5.75 Å². The molecule has 168 valence electrons. The zero-order chi connectivity index (χ0) is 23.3. The zero-order valence-corrected chi connectivity index (χ0v) is 18.7. The number of hydrogen-bond donors (Lipinski definition) is 1. The lowest BCUT2D eigenvalue weighted by Gasteiger charge is -2.13. The molecule has 0 atom stereocenters. The topological polar surface area (TPSA) is 87.0 Å². The van der Waals surface area contributed by atoms with Gasteiger partial charge < -0.3 is 14.2 Å². The predicted octanol–water partition coefficient (Wildman–Crippen LogP) is 3.82. The van der Waals surface area contributed by atoms with Crippen LogP contribution in [0.3, 0.4) is 0 Å². The summed E-state index contributed by atoms with van der Waals surface area (Å²) in [6.45, 7) is 2.14. The summed E-state index contributed by atoms with van der Waals surface area (Å²) < 4.78 is 30.5. The summed E-state index contributed by atoms with van der Waals surface area (Å²) >= 11 is 6.43. The Bertz CT molecular complexity index is 1120. The van der Waals surface area contributed by atoms with Crippen LogP contribution in [0.25, 0.3) is 0 Å².